The highest BCUT2D eigenvalue weighted by molar-refractivity contribution is 5.69. The number of esters is 1. The fraction of sp³-hybridized carbons (Fsp3) is 0.980. The zero-order chi connectivity index (χ0) is 47.3. The van der Waals surface area contributed by atoms with E-state index in [1.165, 1.54) is 154 Å². The van der Waals surface area contributed by atoms with Crippen LogP contribution in [-0.2, 0) is 33.2 Å². The first-order valence-electron chi connectivity index (χ1n) is 26.6. The third kappa shape index (κ3) is 27.7. The van der Waals surface area contributed by atoms with Crippen molar-refractivity contribution in [1.29, 1.82) is 0 Å². The van der Waals surface area contributed by atoms with E-state index in [2.05, 4.69) is 13.8 Å². The van der Waals surface area contributed by atoms with Crippen LogP contribution < -0.4 is 0 Å². The summed E-state index contributed by atoms with van der Waals surface area (Å²) in [4.78, 5) is 13.0. The molecule has 0 aliphatic carbocycles. The van der Waals surface area contributed by atoms with Crippen molar-refractivity contribution >= 4 is 5.97 Å². The minimum atomic E-state index is -1.70. The number of carbonyl (C=O) groups is 1. The van der Waals surface area contributed by atoms with Crippen molar-refractivity contribution in [1.82, 2.24) is 0 Å². The van der Waals surface area contributed by atoms with E-state index in [1.54, 1.807) is 0 Å². The first-order chi connectivity index (χ1) is 31.6. The SMILES string of the molecule is CCCCCCCCCCCCCCCCCCCCC(=O)OC(COCCCCCCCCCCCCCCC)COC1OC(COC2OC(CO)C(O)C(O)C2O)C(O)C(O)C1O. The fourth-order valence-corrected chi connectivity index (χ4v) is 8.76. The van der Waals surface area contributed by atoms with Crippen LogP contribution in [0.2, 0.25) is 0 Å². The predicted octanol–water partition coefficient (Wildman–Crippen LogP) is 8.08. The molecule has 2 fully saturated rings. The minimum absolute atomic E-state index is 0.0702. The Balaban J connectivity index is 1.74. The van der Waals surface area contributed by atoms with E-state index in [0.717, 1.165) is 44.9 Å². The summed E-state index contributed by atoms with van der Waals surface area (Å²) in [5, 5.41) is 72.1. The molecule has 2 aliphatic heterocycles. The van der Waals surface area contributed by atoms with Gasteiger partial charge in [-0.2, -0.15) is 0 Å². The van der Waals surface area contributed by atoms with Gasteiger partial charge in [-0.3, -0.25) is 4.79 Å². The molecule has 14 heteroatoms. The molecule has 2 saturated heterocycles. The van der Waals surface area contributed by atoms with Crippen molar-refractivity contribution in [2.45, 2.75) is 287 Å². The standard InChI is InChI=1S/C51H98O14/c1-3-5-7-9-11-13-15-17-18-19-20-21-22-24-26-28-30-32-34-43(53)63-40(37-60-35-33-31-29-27-25-23-16-14-12-10-8-6-4-2)38-61-50-49(59)47(57)45(55)42(65-50)39-62-51-48(58)46(56)44(54)41(36-52)64-51/h40-42,44-52,54-59H,3-39H2,1-2H3. The normalized spacial score (nSPS) is 26.4. The van der Waals surface area contributed by atoms with Gasteiger partial charge in [0.2, 0.25) is 0 Å². The Morgan fingerprint density at radius 1 is 0.446 bits per heavy atom. The summed E-state index contributed by atoms with van der Waals surface area (Å²) in [7, 11) is 0. The Morgan fingerprint density at radius 3 is 1.25 bits per heavy atom. The van der Waals surface area contributed by atoms with Crippen LogP contribution in [0.4, 0.5) is 0 Å². The quantitative estimate of drug-likeness (QED) is 0.0228. The van der Waals surface area contributed by atoms with Crippen LogP contribution in [0.15, 0.2) is 0 Å². The Kier molecular flexibility index (Phi) is 36.8. The highest BCUT2D eigenvalue weighted by atomic mass is 16.7. The van der Waals surface area contributed by atoms with Gasteiger partial charge < -0.3 is 64.2 Å². The van der Waals surface area contributed by atoms with Crippen LogP contribution in [0.5, 0.6) is 0 Å². The summed E-state index contributed by atoms with van der Waals surface area (Å²) in [6.07, 6.45) is 23.0. The first kappa shape index (κ1) is 60.1. The van der Waals surface area contributed by atoms with E-state index in [4.69, 9.17) is 28.4 Å². The van der Waals surface area contributed by atoms with Gasteiger partial charge >= 0.3 is 5.97 Å². The smallest absolute Gasteiger partial charge is 0.306 e. The number of carbonyl (C=O) groups excluding carboxylic acids is 1. The summed E-state index contributed by atoms with van der Waals surface area (Å²) >= 11 is 0. The van der Waals surface area contributed by atoms with Crippen molar-refractivity contribution < 1.29 is 69.0 Å². The van der Waals surface area contributed by atoms with Gasteiger partial charge in [0, 0.05) is 13.0 Å². The van der Waals surface area contributed by atoms with Crippen molar-refractivity contribution in [2.24, 2.45) is 0 Å². The zero-order valence-corrected chi connectivity index (χ0v) is 41.0. The van der Waals surface area contributed by atoms with Gasteiger partial charge in [0.15, 0.2) is 12.6 Å². The number of ether oxygens (including phenoxy) is 6. The number of hydrogen-bond donors (Lipinski definition) is 7. The van der Waals surface area contributed by atoms with Crippen LogP contribution in [0.1, 0.15) is 219 Å². The maximum absolute atomic E-state index is 13.0. The van der Waals surface area contributed by atoms with Crippen LogP contribution in [0.25, 0.3) is 0 Å². The van der Waals surface area contributed by atoms with Gasteiger partial charge in [0.05, 0.1) is 26.4 Å². The highest BCUT2D eigenvalue weighted by Crippen LogP contribution is 2.27. The third-order valence-electron chi connectivity index (χ3n) is 13.1. The molecule has 11 atom stereocenters. The molecule has 0 saturated carbocycles. The van der Waals surface area contributed by atoms with Crippen molar-refractivity contribution in [3.05, 3.63) is 0 Å². The maximum Gasteiger partial charge on any atom is 0.306 e. The summed E-state index contributed by atoms with van der Waals surface area (Å²) in [5.74, 6) is -0.369. The monoisotopic (exact) mass is 935 g/mol. The van der Waals surface area contributed by atoms with E-state index in [0.29, 0.717) is 6.61 Å². The highest BCUT2D eigenvalue weighted by Gasteiger charge is 2.47. The Hall–Kier alpha value is -1.01. The van der Waals surface area contributed by atoms with Crippen LogP contribution in [0.3, 0.4) is 0 Å². The summed E-state index contributed by atoms with van der Waals surface area (Å²) in [6.45, 7) is 3.74. The second-order valence-electron chi connectivity index (χ2n) is 19.1. The molecular formula is C51H98O14. The molecule has 0 radical (unpaired) electrons. The topological polar surface area (TPSA) is 214 Å². The molecule has 0 bridgehead atoms. The first-order valence-corrected chi connectivity index (χ1v) is 26.6. The lowest BCUT2D eigenvalue weighted by molar-refractivity contribution is -0.332. The lowest BCUT2D eigenvalue weighted by atomic mass is 9.98. The van der Waals surface area contributed by atoms with E-state index in [9.17, 15) is 40.5 Å². The van der Waals surface area contributed by atoms with Gasteiger partial charge in [-0.15, -0.1) is 0 Å². The zero-order valence-electron chi connectivity index (χ0n) is 41.0. The van der Waals surface area contributed by atoms with Gasteiger partial charge in [-0.25, -0.2) is 0 Å². The minimum Gasteiger partial charge on any atom is -0.457 e. The lowest BCUT2D eigenvalue weighted by Crippen LogP contribution is -2.61. The number of aliphatic hydroxyl groups excluding tert-OH is 7. The second-order valence-corrected chi connectivity index (χ2v) is 19.1. The molecule has 2 heterocycles. The predicted molar refractivity (Wildman–Crippen MR) is 252 cm³/mol. The van der Waals surface area contributed by atoms with E-state index < -0.39 is 80.7 Å². The lowest BCUT2D eigenvalue weighted by Gasteiger charge is -2.42. The number of aliphatic hydroxyl groups is 7. The van der Waals surface area contributed by atoms with Gasteiger partial charge in [-0.05, 0) is 12.8 Å². The summed E-state index contributed by atoms with van der Waals surface area (Å²) < 4.78 is 34.3. The Labute approximate surface area is 393 Å². The third-order valence-corrected chi connectivity index (χ3v) is 13.1. The Bertz CT molecular complexity index is 1090. The summed E-state index contributed by atoms with van der Waals surface area (Å²) in [5.41, 5.74) is 0. The maximum atomic E-state index is 13.0. The van der Waals surface area contributed by atoms with Crippen LogP contribution in [0, 0.1) is 0 Å². The van der Waals surface area contributed by atoms with E-state index in [1.807, 2.05) is 0 Å². The van der Waals surface area contributed by atoms with Gasteiger partial charge in [0.25, 0.3) is 0 Å². The number of hydrogen-bond acceptors (Lipinski definition) is 14. The Morgan fingerprint density at radius 2 is 0.815 bits per heavy atom. The van der Waals surface area contributed by atoms with Gasteiger partial charge in [0.1, 0.15) is 54.9 Å². The largest absolute Gasteiger partial charge is 0.457 e. The molecule has 0 aromatic rings. The van der Waals surface area contributed by atoms with E-state index >= 15 is 0 Å². The van der Waals surface area contributed by atoms with E-state index in [-0.39, 0.29) is 25.6 Å². The summed E-state index contributed by atoms with van der Waals surface area (Å²) in [6, 6.07) is 0. The average molecular weight is 935 g/mol. The molecule has 2 rings (SSSR count). The molecule has 0 amide bonds. The molecule has 11 unspecified atom stereocenters. The molecule has 7 N–H and O–H groups in total. The molecule has 2 aliphatic rings. The van der Waals surface area contributed by atoms with Crippen LogP contribution >= 0.6 is 0 Å². The average Bonchev–Trinajstić information content (AvgIpc) is 3.30. The molecule has 0 spiro atoms. The van der Waals surface area contributed by atoms with Gasteiger partial charge in [-0.1, -0.05) is 200 Å². The second kappa shape index (κ2) is 39.8. The number of rotatable bonds is 43. The molecule has 0 aromatic heterocycles. The number of unbranched alkanes of at least 4 members (excludes halogenated alkanes) is 29. The fourth-order valence-electron chi connectivity index (χ4n) is 8.76. The molecule has 386 valence electrons. The molecule has 0 aromatic carbocycles. The molecular weight excluding hydrogens is 837 g/mol. The molecule has 65 heavy (non-hydrogen) atoms. The van der Waals surface area contributed by atoms with Crippen molar-refractivity contribution in [3.8, 4) is 0 Å². The van der Waals surface area contributed by atoms with Crippen molar-refractivity contribution in [2.75, 3.05) is 33.0 Å². The molecule has 14 nitrogen and oxygen atoms in total. The van der Waals surface area contributed by atoms with Crippen LogP contribution in [-0.4, -0.2) is 142 Å². The van der Waals surface area contributed by atoms with Crippen molar-refractivity contribution in [3.63, 3.8) is 0 Å².